The molecule has 0 saturated heterocycles. The first kappa shape index (κ1) is 11.8. The summed E-state index contributed by atoms with van der Waals surface area (Å²) in [5, 5.41) is 7.98. The lowest BCUT2D eigenvalue weighted by molar-refractivity contribution is 0.452. The van der Waals surface area contributed by atoms with Crippen LogP contribution in [-0.2, 0) is 6.42 Å². The largest absolute Gasteiger partial charge is 0.419 e. The molecule has 2 aromatic rings. The fourth-order valence-electron chi connectivity index (χ4n) is 1.56. The van der Waals surface area contributed by atoms with Crippen molar-refractivity contribution in [2.75, 3.05) is 0 Å². The lowest BCUT2D eigenvalue weighted by Crippen LogP contribution is -2.08. The quantitative estimate of drug-likeness (QED) is 0.878. The molecule has 90 valence electrons. The number of aromatic nitrogens is 2. The van der Waals surface area contributed by atoms with Crippen LogP contribution in [0.3, 0.4) is 0 Å². The zero-order chi connectivity index (χ0) is 12.3. The van der Waals surface area contributed by atoms with Crippen molar-refractivity contribution in [3.63, 3.8) is 0 Å². The van der Waals surface area contributed by atoms with Crippen molar-refractivity contribution in [1.29, 1.82) is 0 Å². The van der Waals surface area contributed by atoms with Gasteiger partial charge in [-0.25, -0.2) is 0 Å². The van der Waals surface area contributed by atoms with E-state index in [1.165, 1.54) is 5.56 Å². The number of hydrogen-bond acceptors (Lipinski definition) is 4. The first-order valence-corrected chi connectivity index (χ1v) is 5.92. The highest BCUT2D eigenvalue weighted by Gasteiger charge is 2.13. The van der Waals surface area contributed by atoms with E-state index >= 15 is 0 Å². The Morgan fingerprint density at radius 3 is 2.47 bits per heavy atom. The summed E-state index contributed by atoms with van der Waals surface area (Å²) in [4.78, 5) is 0. The second kappa shape index (κ2) is 5.10. The molecule has 0 spiro atoms. The highest BCUT2D eigenvalue weighted by molar-refractivity contribution is 5.52. The van der Waals surface area contributed by atoms with Crippen LogP contribution >= 0.6 is 0 Å². The standard InChI is InChI=1S/C13H17N3O/c1-3-9-5-7-10(8-6-9)12-15-16-13(17-12)11(14)4-2/h5-8,11H,3-4,14H2,1-2H3. The summed E-state index contributed by atoms with van der Waals surface area (Å²) in [6, 6.07) is 7.95. The molecule has 0 fully saturated rings. The third-order valence-corrected chi connectivity index (χ3v) is 2.81. The van der Waals surface area contributed by atoms with Gasteiger partial charge >= 0.3 is 0 Å². The molecule has 0 aliphatic rings. The summed E-state index contributed by atoms with van der Waals surface area (Å²) in [5.74, 6) is 1.04. The number of nitrogens with two attached hydrogens (primary N) is 1. The van der Waals surface area contributed by atoms with E-state index < -0.39 is 0 Å². The van der Waals surface area contributed by atoms with Crippen molar-refractivity contribution in [3.8, 4) is 11.5 Å². The summed E-state index contributed by atoms with van der Waals surface area (Å²) in [6.07, 6.45) is 1.81. The van der Waals surface area contributed by atoms with Gasteiger partial charge in [-0.05, 0) is 30.5 Å². The van der Waals surface area contributed by atoms with Gasteiger partial charge in [-0.3, -0.25) is 0 Å². The molecule has 0 radical (unpaired) electrons. The number of rotatable bonds is 4. The van der Waals surface area contributed by atoms with Gasteiger partial charge in [-0.15, -0.1) is 10.2 Å². The van der Waals surface area contributed by atoms with Gasteiger partial charge < -0.3 is 10.2 Å². The second-order valence-corrected chi connectivity index (χ2v) is 4.01. The summed E-state index contributed by atoms with van der Waals surface area (Å²) in [6.45, 7) is 4.12. The molecule has 0 aliphatic heterocycles. The van der Waals surface area contributed by atoms with Crippen LogP contribution in [0.1, 0.15) is 37.8 Å². The summed E-state index contributed by atoms with van der Waals surface area (Å²) in [5.41, 5.74) is 8.06. The Morgan fingerprint density at radius 1 is 1.18 bits per heavy atom. The predicted molar refractivity (Wildman–Crippen MR) is 66.3 cm³/mol. The minimum atomic E-state index is -0.175. The fraction of sp³-hybridized carbons (Fsp3) is 0.385. The lowest BCUT2D eigenvalue weighted by Gasteiger charge is -2.01. The van der Waals surface area contributed by atoms with Gasteiger partial charge in [-0.1, -0.05) is 26.0 Å². The topological polar surface area (TPSA) is 64.9 Å². The number of nitrogens with zero attached hydrogens (tertiary/aromatic N) is 2. The molecule has 0 aliphatic carbocycles. The van der Waals surface area contributed by atoms with E-state index in [4.69, 9.17) is 10.2 Å². The fourth-order valence-corrected chi connectivity index (χ4v) is 1.56. The number of aryl methyl sites for hydroxylation is 1. The van der Waals surface area contributed by atoms with Crippen LogP contribution in [0, 0.1) is 0 Å². The molecule has 1 atom stereocenters. The molecule has 4 nitrogen and oxygen atoms in total. The molecule has 0 amide bonds. The second-order valence-electron chi connectivity index (χ2n) is 4.01. The number of hydrogen-bond donors (Lipinski definition) is 1. The highest BCUT2D eigenvalue weighted by atomic mass is 16.4. The van der Waals surface area contributed by atoms with E-state index in [9.17, 15) is 0 Å². The Kier molecular flexibility index (Phi) is 3.54. The Morgan fingerprint density at radius 2 is 1.88 bits per heavy atom. The van der Waals surface area contributed by atoms with Crippen molar-refractivity contribution in [1.82, 2.24) is 10.2 Å². The maximum Gasteiger partial charge on any atom is 0.247 e. The van der Waals surface area contributed by atoms with E-state index in [1.54, 1.807) is 0 Å². The summed E-state index contributed by atoms with van der Waals surface area (Å²) < 4.78 is 5.55. The normalized spacial score (nSPS) is 12.6. The molecule has 17 heavy (non-hydrogen) atoms. The monoisotopic (exact) mass is 231 g/mol. The van der Waals surface area contributed by atoms with Gasteiger partial charge in [0.05, 0.1) is 6.04 Å². The zero-order valence-corrected chi connectivity index (χ0v) is 10.2. The van der Waals surface area contributed by atoms with Gasteiger partial charge in [0, 0.05) is 5.56 Å². The van der Waals surface area contributed by atoms with E-state index in [-0.39, 0.29) is 6.04 Å². The van der Waals surface area contributed by atoms with Crippen molar-refractivity contribution >= 4 is 0 Å². The molecule has 1 heterocycles. The zero-order valence-electron chi connectivity index (χ0n) is 10.2. The van der Waals surface area contributed by atoms with E-state index in [1.807, 2.05) is 19.1 Å². The van der Waals surface area contributed by atoms with E-state index in [0.29, 0.717) is 11.8 Å². The molecule has 0 saturated carbocycles. The maximum atomic E-state index is 5.84. The lowest BCUT2D eigenvalue weighted by atomic mass is 10.1. The maximum absolute atomic E-state index is 5.84. The van der Waals surface area contributed by atoms with Gasteiger partial charge in [0.2, 0.25) is 11.8 Å². The molecule has 4 heteroatoms. The smallest absolute Gasteiger partial charge is 0.247 e. The van der Waals surface area contributed by atoms with Crippen molar-refractivity contribution in [3.05, 3.63) is 35.7 Å². The van der Waals surface area contributed by atoms with Crippen molar-refractivity contribution in [2.45, 2.75) is 32.7 Å². The minimum absolute atomic E-state index is 0.175. The number of benzene rings is 1. The molecule has 0 bridgehead atoms. The Hall–Kier alpha value is -1.68. The van der Waals surface area contributed by atoms with Crippen LogP contribution in [0.5, 0.6) is 0 Å². The van der Waals surface area contributed by atoms with Gasteiger partial charge in [0.15, 0.2) is 0 Å². The van der Waals surface area contributed by atoms with Crippen molar-refractivity contribution in [2.24, 2.45) is 5.73 Å². The highest BCUT2D eigenvalue weighted by Crippen LogP contribution is 2.21. The van der Waals surface area contributed by atoms with Crippen LogP contribution in [0.2, 0.25) is 0 Å². The Bertz CT molecular complexity index is 476. The average Bonchev–Trinajstić information content (AvgIpc) is 2.87. The average molecular weight is 231 g/mol. The van der Waals surface area contributed by atoms with Gasteiger partial charge in [0.1, 0.15) is 0 Å². The van der Waals surface area contributed by atoms with Crippen LogP contribution in [0.15, 0.2) is 28.7 Å². The molecular weight excluding hydrogens is 214 g/mol. The van der Waals surface area contributed by atoms with Crippen molar-refractivity contribution < 1.29 is 4.42 Å². The first-order valence-electron chi connectivity index (χ1n) is 5.92. The SMILES string of the molecule is CCc1ccc(-c2nnc(C(N)CC)o2)cc1. The molecule has 1 aromatic heterocycles. The van der Waals surface area contributed by atoms with Crippen LogP contribution in [0.4, 0.5) is 0 Å². The van der Waals surface area contributed by atoms with E-state index in [0.717, 1.165) is 18.4 Å². The van der Waals surface area contributed by atoms with Gasteiger partial charge in [0.25, 0.3) is 0 Å². The van der Waals surface area contributed by atoms with E-state index in [2.05, 4.69) is 29.3 Å². The van der Waals surface area contributed by atoms with Crippen LogP contribution in [0.25, 0.3) is 11.5 Å². The summed E-state index contributed by atoms with van der Waals surface area (Å²) in [7, 11) is 0. The Balaban J connectivity index is 2.24. The third kappa shape index (κ3) is 2.53. The first-order chi connectivity index (χ1) is 8.24. The predicted octanol–water partition coefficient (Wildman–Crippen LogP) is 2.71. The van der Waals surface area contributed by atoms with Gasteiger partial charge in [-0.2, -0.15) is 0 Å². The molecule has 1 unspecified atom stereocenters. The molecular formula is C13H17N3O. The summed E-state index contributed by atoms with van der Waals surface area (Å²) >= 11 is 0. The molecule has 1 aromatic carbocycles. The minimum Gasteiger partial charge on any atom is -0.419 e. The molecule has 2 rings (SSSR count). The third-order valence-electron chi connectivity index (χ3n) is 2.81. The molecule has 2 N–H and O–H groups in total. The Labute approximate surface area is 101 Å². The van der Waals surface area contributed by atoms with Crippen LogP contribution in [-0.4, -0.2) is 10.2 Å². The van der Waals surface area contributed by atoms with Crippen LogP contribution < -0.4 is 5.73 Å².